The van der Waals surface area contributed by atoms with E-state index in [-0.39, 0.29) is 25.7 Å². The summed E-state index contributed by atoms with van der Waals surface area (Å²) in [7, 11) is 0. The number of thiophene rings is 1. The molecule has 2 amide bonds. The molecule has 6 nitrogen and oxygen atoms in total. The van der Waals surface area contributed by atoms with Crippen LogP contribution in [0.15, 0.2) is 12.1 Å². The van der Waals surface area contributed by atoms with Gasteiger partial charge in [0.25, 0.3) is 5.91 Å². The van der Waals surface area contributed by atoms with Gasteiger partial charge in [-0.1, -0.05) is 0 Å². The monoisotopic (exact) mass is 272 g/mol. The molecule has 4 N–H and O–H groups in total. The summed E-state index contributed by atoms with van der Waals surface area (Å²) < 4.78 is 0. The summed E-state index contributed by atoms with van der Waals surface area (Å²) in [5.41, 5.74) is 0. The van der Waals surface area contributed by atoms with Crippen molar-refractivity contribution in [2.24, 2.45) is 0 Å². The second-order valence-electron chi connectivity index (χ2n) is 3.72. The number of aryl methyl sites for hydroxylation is 1. The molecule has 0 fully saturated rings. The Bertz CT molecular complexity index is 415. The molecule has 0 bridgehead atoms. The summed E-state index contributed by atoms with van der Waals surface area (Å²) in [6.45, 7) is 1.01. The Morgan fingerprint density at radius 1 is 1.33 bits per heavy atom. The third-order valence-electron chi connectivity index (χ3n) is 2.18. The second kappa shape index (κ2) is 7.10. The molecule has 0 radical (unpaired) electrons. The average molecular weight is 272 g/mol. The molecule has 0 aliphatic rings. The lowest BCUT2D eigenvalue weighted by molar-refractivity contribution is -0.121. The first-order chi connectivity index (χ1) is 8.56. The molecule has 0 aromatic carbocycles. The molecule has 1 rings (SSSR count). The van der Waals surface area contributed by atoms with Crippen molar-refractivity contribution in [3.63, 3.8) is 0 Å². The summed E-state index contributed by atoms with van der Waals surface area (Å²) in [5, 5.41) is 22.4. The zero-order valence-electron chi connectivity index (χ0n) is 9.97. The van der Waals surface area contributed by atoms with Gasteiger partial charge >= 0.3 is 0 Å². The molecule has 0 unspecified atom stereocenters. The van der Waals surface area contributed by atoms with Gasteiger partial charge in [-0.25, -0.2) is 0 Å². The lowest BCUT2D eigenvalue weighted by atomic mass is 10.3. The summed E-state index contributed by atoms with van der Waals surface area (Å²) in [4.78, 5) is 24.5. The van der Waals surface area contributed by atoms with Crippen LogP contribution in [0.5, 0.6) is 0 Å². The lowest BCUT2D eigenvalue weighted by Crippen LogP contribution is -2.45. The largest absolute Gasteiger partial charge is 0.394 e. The van der Waals surface area contributed by atoms with Crippen molar-refractivity contribution in [3.05, 3.63) is 21.9 Å². The number of nitrogens with one attached hydrogen (secondary N) is 2. The van der Waals surface area contributed by atoms with E-state index < -0.39 is 11.9 Å². The maximum absolute atomic E-state index is 11.6. The summed E-state index contributed by atoms with van der Waals surface area (Å²) in [5.74, 6) is -0.766. The van der Waals surface area contributed by atoms with Gasteiger partial charge in [0.15, 0.2) is 0 Å². The van der Waals surface area contributed by atoms with Gasteiger partial charge in [0.1, 0.15) is 0 Å². The molecule has 0 saturated carbocycles. The number of aliphatic hydroxyl groups is 2. The van der Waals surface area contributed by atoms with Crippen LogP contribution < -0.4 is 10.6 Å². The van der Waals surface area contributed by atoms with Crippen LogP contribution in [0.3, 0.4) is 0 Å². The minimum Gasteiger partial charge on any atom is -0.394 e. The minimum atomic E-state index is -0.696. The molecule has 0 spiro atoms. The lowest BCUT2D eigenvalue weighted by Gasteiger charge is -2.13. The molecule has 0 aliphatic heterocycles. The smallest absolute Gasteiger partial charge is 0.261 e. The highest BCUT2D eigenvalue weighted by Gasteiger charge is 2.12. The van der Waals surface area contributed by atoms with E-state index in [0.29, 0.717) is 4.88 Å². The molecule has 1 heterocycles. The van der Waals surface area contributed by atoms with Gasteiger partial charge < -0.3 is 20.8 Å². The summed E-state index contributed by atoms with van der Waals surface area (Å²) in [6, 6.07) is 2.82. The highest BCUT2D eigenvalue weighted by molar-refractivity contribution is 7.13. The molecule has 100 valence electrons. The predicted octanol–water partition coefficient (Wildman–Crippen LogP) is -0.744. The van der Waals surface area contributed by atoms with Crippen LogP contribution in [0.1, 0.15) is 14.5 Å². The normalized spacial score (nSPS) is 10.4. The second-order valence-corrected chi connectivity index (χ2v) is 5.01. The maximum Gasteiger partial charge on any atom is 0.261 e. The van der Waals surface area contributed by atoms with Crippen LogP contribution in [0.25, 0.3) is 0 Å². The van der Waals surface area contributed by atoms with E-state index >= 15 is 0 Å². The van der Waals surface area contributed by atoms with Crippen molar-refractivity contribution in [2.45, 2.75) is 13.0 Å². The molecule has 0 saturated heterocycles. The van der Waals surface area contributed by atoms with Crippen LogP contribution in [-0.2, 0) is 4.79 Å². The molecular formula is C11H16N2O4S. The number of carbonyl (C=O) groups excluding carboxylic acids is 2. The van der Waals surface area contributed by atoms with E-state index in [1.165, 1.54) is 11.3 Å². The maximum atomic E-state index is 11.6. The van der Waals surface area contributed by atoms with Gasteiger partial charge in [0, 0.05) is 4.88 Å². The number of aliphatic hydroxyl groups excluding tert-OH is 2. The van der Waals surface area contributed by atoms with Crippen molar-refractivity contribution < 1.29 is 19.8 Å². The fourth-order valence-electron chi connectivity index (χ4n) is 1.23. The van der Waals surface area contributed by atoms with Crippen molar-refractivity contribution in [1.82, 2.24) is 10.6 Å². The van der Waals surface area contributed by atoms with E-state index in [4.69, 9.17) is 10.2 Å². The zero-order valence-corrected chi connectivity index (χ0v) is 10.8. The van der Waals surface area contributed by atoms with Crippen molar-refractivity contribution in [3.8, 4) is 0 Å². The number of hydrogen-bond acceptors (Lipinski definition) is 5. The number of carbonyl (C=O) groups is 2. The van der Waals surface area contributed by atoms with Crippen LogP contribution in [0.4, 0.5) is 0 Å². The molecule has 7 heteroatoms. The standard InChI is InChI=1S/C11H16N2O4S/c1-7-2-3-9(18-7)11(17)12-4-10(16)13-8(5-14)6-15/h2-3,8,14-15H,4-6H2,1H3,(H,12,17)(H,13,16). The molecule has 0 atom stereocenters. The summed E-state index contributed by atoms with van der Waals surface area (Å²) in [6.07, 6.45) is 0. The van der Waals surface area contributed by atoms with Gasteiger partial charge in [-0.05, 0) is 19.1 Å². The van der Waals surface area contributed by atoms with E-state index in [2.05, 4.69) is 10.6 Å². The Labute approximate surface area is 109 Å². The van der Waals surface area contributed by atoms with E-state index in [1.54, 1.807) is 6.07 Å². The van der Waals surface area contributed by atoms with Crippen LogP contribution >= 0.6 is 11.3 Å². The van der Waals surface area contributed by atoms with Crippen molar-refractivity contribution in [1.29, 1.82) is 0 Å². The van der Waals surface area contributed by atoms with Crippen LogP contribution in [0.2, 0.25) is 0 Å². The third-order valence-corrected chi connectivity index (χ3v) is 3.18. The first-order valence-electron chi connectivity index (χ1n) is 5.42. The highest BCUT2D eigenvalue weighted by Crippen LogP contribution is 2.14. The van der Waals surface area contributed by atoms with Crippen molar-refractivity contribution >= 4 is 23.2 Å². The molecule has 0 aliphatic carbocycles. The Hall–Kier alpha value is -1.44. The minimum absolute atomic E-state index is 0.188. The fraction of sp³-hybridized carbons (Fsp3) is 0.455. The highest BCUT2D eigenvalue weighted by atomic mass is 32.1. The quantitative estimate of drug-likeness (QED) is 0.548. The van der Waals surface area contributed by atoms with E-state index in [1.807, 2.05) is 13.0 Å². The van der Waals surface area contributed by atoms with Gasteiger partial charge in [-0.3, -0.25) is 9.59 Å². The predicted molar refractivity (Wildman–Crippen MR) is 67.5 cm³/mol. The SMILES string of the molecule is Cc1ccc(C(=O)NCC(=O)NC(CO)CO)s1. The number of rotatable bonds is 6. The van der Waals surface area contributed by atoms with Gasteiger partial charge in [0.2, 0.25) is 5.91 Å². The Balaban J connectivity index is 2.36. The van der Waals surface area contributed by atoms with E-state index in [0.717, 1.165) is 4.88 Å². The molecular weight excluding hydrogens is 256 g/mol. The first-order valence-corrected chi connectivity index (χ1v) is 6.24. The van der Waals surface area contributed by atoms with Crippen molar-refractivity contribution in [2.75, 3.05) is 19.8 Å². The molecule has 18 heavy (non-hydrogen) atoms. The van der Waals surface area contributed by atoms with Gasteiger partial charge in [-0.2, -0.15) is 0 Å². The first kappa shape index (κ1) is 14.6. The van der Waals surface area contributed by atoms with Gasteiger partial charge in [0.05, 0.1) is 30.7 Å². The Morgan fingerprint density at radius 2 is 2.00 bits per heavy atom. The molecule has 1 aromatic heterocycles. The fourth-order valence-corrected chi connectivity index (χ4v) is 2.02. The average Bonchev–Trinajstić information content (AvgIpc) is 2.79. The van der Waals surface area contributed by atoms with Crippen LogP contribution in [0, 0.1) is 6.92 Å². The number of hydrogen-bond donors (Lipinski definition) is 4. The molecule has 1 aromatic rings. The third kappa shape index (κ3) is 4.44. The summed E-state index contributed by atoms with van der Waals surface area (Å²) >= 11 is 1.35. The van der Waals surface area contributed by atoms with Gasteiger partial charge in [-0.15, -0.1) is 11.3 Å². The number of amides is 2. The Kier molecular flexibility index (Phi) is 5.76. The zero-order chi connectivity index (χ0) is 13.5. The van der Waals surface area contributed by atoms with Crippen LogP contribution in [-0.4, -0.2) is 47.8 Å². The Morgan fingerprint density at radius 3 is 2.50 bits per heavy atom. The topological polar surface area (TPSA) is 98.7 Å². The van der Waals surface area contributed by atoms with E-state index in [9.17, 15) is 9.59 Å².